The van der Waals surface area contributed by atoms with Gasteiger partial charge in [0, 0.05) is 13.2 Å². The van der Waals surface area contributed by atoms with Gasteiger partial charge in [-0.3, -0.25) is 9.78 Å². The molecule has 0 saturated heterocycles. The average molecular weight is 231 g/mol. The van der Waals surface area contributed by atoms with Crippen molar-refractivity contribution in [2.45, 2.75) is 0 Å². The third-order valence-electron chi connectivity index (χ3n) is 2.29. The molecule has 0 spiro atoms. The van der Waals surface area contributed by atoms with Crippen LogP contribution in [0.4, 0.5) is 5.82 Å². The maximum Gasteiger partial charge on any atom is 0.263 e. The molecule has 0 atom stereocenters. The Balaban J connectivity index is 2.01. The Morgan fingerprint density at radius 3 is 2.94 bits per heavy atom. The highest BCUT2D eigenvalue weighted by molar-refractivity contribution is 5.67. The number of aromatic amines is 1. The van der Waals surface area contributed by atoms with Crippen LogP contribution in [0.15, 0.2) is 23.1 Å². The summed E-state index contributed by atoms with van der Waals surface area (Å²) in [5.74, 6) is 1.19. The monoisotopic (exact) mass is 231 g/mol. The van der Waals surface area contributed by atoms with Crippen molar-refractivity contribution in [2.75, 3.05) is 5.73 Å². The first kappa shape index (κ1) is 9.58. The highest BCUT2D eigenvalue weighted by Gasteiger charge is 2.15. The van der Waals surface area contributed by atoms with Crippen LogP contribution in [0, 0.1) is 0 Å². The van der Waals surface area contributed by atoms with Crippen LogP contribution in [0.25, 0.3) is 22.8 Å². The van der Waals surface area contributed by atoms with E-state index in [-0.39, 0.29) is 0 Å². The maximum absolute atomic E-state index is 5.66. The summed E-state index contributed by atoms with van der Waals surface area (Å²) in [6.45, 7) is 0. The van der Waals surface area contributed by atoms with E-state index in [1.54, 1.807) is 17.1 Å². The predicted octanol–water partition coefficient (Wildman–Crippen LogP) is 0.442. The number of hydrogen-bond donors (Lipinski definition) is 2. The molecule has 3 aromatic rings. The summed E-state index contributed by atoms with van der Waals surface area (Å²) in [4.78, 5) is 4.23. The summed E-state index contributed by atoms with van der Waals surface area (Å²) in [5.41, 5.74) is 7.03. The van der Waals surface area contributed by atoms with E-state index in [1.165, 1.54) is 6.20 Å². The number of anilines is 1. The van der Waals surface area contributed by atoms with Crippen molar-refractivity contribution in [3.05, 3.63) is 18.6 Å². The van der Waals surface area contributed by atoms with Gasteiger partial charge in [0.2, 0.25) is 5.82 Å². The lowest BCUT2D eigenvalue weighted by atomic mass is 10.3. The number of aromatic nitrogens is 6. The fourth-order valence-electron chi connectivity index (χ4n) is 1.45. The second kappa shape index (κ2) is 3.44. The van der Waals surface area contributed by atoms with Gasteiger partial charge in [-0.2, -0.15) is 15.2 Å². The van der Waals surface area contributed by atoms with Crippen molar-refractivity contribution in [2.24, 2.45) is 7.05 Å². The minimum absolute atomic E-state index is 0.329. The Labute approximate surface area is 95.4 Å². The minimum atomic E-state index is 0.329. The highest BCUT2D eigenvalue weighted by Crippen LogP contribution is 2.24. The molecular weight excluding hydrogens is 222 g/mol. The van der Waals surface area contributed by atoms with Crippen molar-refractivity contribution in [3.63, 3.8) is 0 Å². The second-order valence-electron chi connectivity index (χ2n) is 3.52. The topological polar surface area (TPSA) is 111 Å². The molecule has 0 unspecified atom stereocenters. The largest absolute Gasteiger partial charge is 0.383 e. The number of aryl methyl sites for hydroxylation is 1. The van der Waals surface area contributed by atoms with Gasteiger partial charge in [-0.1, -0.05) is 5.16 Å². The molecule has 0 bridgehead atoms. The number of nitrogen functional groups attached to an aromatic ring is 1. The fourth-order valence-corrected chi connectivity index (χ4v) is 1.45. The first-order valence-electron chi connectivity index (χ1n) is 4.86. The van der Waals surface area contributed by atoms with Crippen molar-refractivity contribution in [1.29, 1.82) is 0 Å². The van der Waals surface area contributed by atoms with Crippen molar-refractivity contribution in [1.82, 2.24) is 30.1 Å². The number of hydrogen-bond acceptors (Lipinski definition) is 6. The van der Waals surface area contributed by atoms with Gasteiger partial charge in [0.05, 0.1) is 18.0 Å². The Morgan fingerprint density at radius 2 is 2.29 bits per heavy atom. The van der Waals surface area contributed by atoms with Crippen LogP contribution in [0.1, 0.15) is 0 Å². The first-order valence-corrected chi connectivity index (χ1v) is 4.86. The number of nitrogens with one attached hydrogen (secondary N) is 1. The Morgan fingerprint density at radius 1 is 1.41 bits per heavy atom. The summed E-state index contributed by atoms with van der Waals surface area (Å²) in [7, 11) is 1.82. The molecule has 0 amide bonds. The third kappa shape index (κ3) is 1.55. The smallest absolute Gasteiger partial charge is 0.263 e. The Hall–Kier alpha value is -2.64. The summed E-state index contributed by atoms with van der Waals surface area (Å²) in [6.07, 6.45) is 5.00. The van der Waals surface area contributed by atoms with Gasteiger partial charge in [-0.05, 0) is 0 Å². The summed E-state index contributed by atoms with van der Waals surface area (Å²) >= 11 is 0. The molecule has 3 rings (SSSR count). The molecule has 8 nitrogen and oxygen atoms in total. The summed E-state index contributed by atoms with van der Waals surface area (Å²) in [5, 5.41) is 14.3. The highest BCUT2D eigenvalue weighted by atomic mass is 16.5. The molecule has 0 aromatic carbocycles. The van der Waals surface area contributed by atoms with Gasteiger partial charge in [-0.25, -0.2) is 0 Å². The van der Waals surface area contributed by atoms with E-state index in [1.807, 2.05) is 7.05 Å². The van der Waals surface area contributed by atoms with Gasteiger partial charge >= 0.3 is 0 Å². The lowest BCUT2D eigenvalue weighted by Gasteiger charge is -1.87. The zero-order valence-electron chi connectivity index (χ0n) is 8.95. The number of H-pyrrole nitrogens is 1. The van der Waals surface area contributed by atoms with Crippen LogP contribution in [0.2, 0.25) is 0 Å². The molecule has 0 aliphatic heterocycles. The molecule has 0 fully saturated rings. The van der Waals surface area contributed by atoms with Crippen LogP contribution in [0.3, 0.4) is 0 Å². The van der Waals surface area contributed by atoms with E-state index >= 15 is 0 Å². The van der Waals surface area contributed by atoms with E-state index < -0.39 is 0 Å². The van der Waals surface area contributed by atoms with Gasteiger partial charge < -0.3 is 10.3 Å². The lowest BCUT2D eigenvalue weighted by Crippen LogP contribution is -1.87. The zero-order chi connectivity index (χ0) is 11.8. The fraction of sp³-hybridized carbons (Fsp3) is 0.111. The Kier molecular flexibility index (Phi) is 1.94. The van der Waals surface area contributed by atoms with E-state index in [0.717, 1.165) is 5.56 Å². The molecule has 3 aromatic heterocycles. The quantitative estimate of drug-likeness (QED) is 0.662. The van der Waals surface area contributed by atoms with E-state index in [4.69, 9.17) is 10.3 Å². The Bertz CT molecular complexity index is 650. The van der Waals surface area contributed by atoms with Gasteiger partial charge in [0.15, 0.2) is 0 Å². The molecule has 0 radical (unpaired) electrons. The first-order chi connectivity index (χ1) is 8.24. The number of nitrogens with two attached hydrogens (primary N) is 1. The molecule has 17 heavy (non-hydrogen) atoms. The molecule has 3 N–H and O–H groups in total. The summed E-state index contributed by atoms with van der Waals surface area (Å²) in [6, 6.07) is 0. The molecular formula is C9H9N7O. The second-order valence-corrected chi connectivity index (χ2v) is 3.52. The SMILES string of the molecule is Cn1cc(-c2noc(-c3cn[nH]c3N)n2)cn1. The summed E-state index contributed by atoms with van der Waals surface area (Å²) < 4.78 is 6.78. The van der Waals surface area contributed by atoms with Crippen molar-refractivity contribution >= 4 is 5.82 Å². The molecule has 3 heterocycles. The third-order valence-corrected chi connectivity index (χ3v) is 2.29. The average Bonchev–Trinajstić information content (AvgIpc) is 2.97. The molecule has 86 valence electrons. The molecule has 8 heteroatoms. The van der Waals surface area contributed by atoms with Gasteiger partial charge in [0.25, 0.3) is 5.89 Å². The molecule has 0 aliphatic rings. The number of nitrogens with zero attached hydrogens (tertiary/aromatic N) is 5. The minimum Gasteiger partial charge on any atom is -0.383 e. The molecule has 0 aliphatic carbocycles. The van der Waals surface area contributed by atoms with Gasteiger partial charge in [-0.15, -0.1) is 0 Å². The van der Waals surface area contributed by atoms with E-state index in [9.17, 15) is 0 Å². The van der Waals surface area contributed by atoms with E-state index in [2.05, 4.69) is 25.4 Å². The lowest BCUT2D eigenvalue weighted by molar-refractivity contribution is 0.432. The predicted molar refractivity (Wildman–Crippen MR) is 58.5 cm³/mol. The number of rotatable bonds is 2. The van der Waals surface area contributed by atoms with Crippen molar-refractivity contribution < 1.29 is 4.52 Å². The van der Waals surface area contributed by atoms with Crippen LogP contribution < -0.4 is 5.73 Å². The van der Waals surface area contributed by atoms with Crippen LogP contribution >= 0.6 is 0 Å². The van der Waals surface area contributed by atoms with Crippen LogP contribution in [-0.4, -0.2) is 30.1 Å². The maximum atomic E-state index is 5.66. The molecule has 0 saturated carbocycles. The van der Waals surface area contributed by atoms with Crippen LogP contribution in [0.5, 0.6) is 0 Å². The zero-order valence-corrected chi connectivity index (χ0v) is 8.95. The normalized spacial score (nSPS) is 10.9. The van der Waals surface area contributed by atoms with Gasteiger partial charge in [0.1, 0.15) is 11.4 Å². The standard InChI is InChI=1S/C9H9N7O/c1-16-4-5(2-12-16)8-13-9(17-15-8)6-3-11-14-7(6)10/h2-4H,1H3,(H3,10,11,14). The van der Waals surface area contributed by atoms with Crippen LogP contribution in [-0.2, 0) is 7.05 Å². The van der Waals surface area contributed by atoms with E-state index in [0.29, 0.717) is 23.1 Å². The van der Waals surface area contributed by atoms with Crippen molar-refractivity contribution in [3.8, 4) is 22.8 Å².